The molecular weight excluding hydrogens is 296 g/mol. The minimum atomic E-state index is -0.903. The van der Waals surface area contributed by atoms with Crippen molar-refractivity contribution in [2.24, 2.45) is 0 Å². The van der Waals surface area contributed by atoms with Crippen molar-refractivity contribution >= 4 is 5.97 Å². The number of rotatable bonds is 5. The zero-order chi connectivity index (χ0) is 16.2. The third-order valence-electron chi connectivity index (χ3n) is 3.60. The highest BCUT2D eigenvalue weighted by Crippen LogP contribution is 2.24. The molecule has 0 radical (unpaired) electrons. The van der Waals surface area contributed by atoms with Crippen molar-refractivity contribution in [2.75, 3.05) is 6.61 Å². The lowest BCUT2D eigenvalue weighted by atomic mass is 10.1. The molecule has 23 heavy (non-hydrogen) atoms. The van der Waals surface area contributed by atoms with Gasteiger partial charge in [0.2, 0.25) is 5.76 Å². The second kappa shape index (κ2) is 6.44. The largest absolute Gasteiger partial charge is 0.505 e. The first-order chi connectivity index (χ1) is 11.1. The van der Waals surface area contributed by atoms with Crippen LogP contribution in [0.15, 0.2) is 66.1 Å². The van der Waals surface area contributed by atoms with Gasteiger partial charge in [0.1, 0.15) is 5.75 Å². The fraction of sp³-hybridized carbons (Fsp3) is 0.167. The Bertz CT molecular complexity index is 719. The van der Waals surface area contributed by atoms with Crippen LogP contribution in [0.5, 0.6) is 5.75 Å². The van der Waals surface area contributed by atoms with Crippen LogP contribution in [0.2, 0.25) is 0 Å². The van der Waals surface area contributed by atoms with Gasteiger partial charge in [-0.25, -0.2) is 4.79 Å². The summed E-state index contributed by atoms with van der Waals surface area (Å²) in [6, 6.07) is 17.6. The zero-order valence-corrected chi connectivity index (χ0v) is 12.3. The maximum atomic E-state index is 11.1. The molecule has 0 fully saturated rings. The summed E-state index contributed by atoms with van der Waals surface area (Å²) in [7, 11) is 0. The van der Waals surface area contributed by atoms with Gasteiger partial charge in [-0.15, -0.1) is 0 Å². The molecule has 0 saturated heterocycles. The first-order valence-corrected chi connectivity index (χ1v) is 7.26. The van der Waals surface area contributed by atoms with Gasteiger partial charge in [0.15, 0.2) is 11.9 Å². The van der Waals surface area contributed by atoms with Crippen molar-refractivity contribution in [3.63, 3.8) is 0 Å². The van der Waals surface area contributed by atoms with Crippen molar-refractivity contribution in [3.8, 4) is 16.9 Å². The van der Waals surface area contributed by atoms with Crippen LogP contribution in [0.3, 0.4) is 0 Å². The fourth-order valence-electron chi connectivity index (χ4n) is 2.35. The summed E-state index contributed by atoms with van der Waals surface area (Å²) < 4.78 is 10.4. The Morgan fingerprint density at radius 3 is 2.22 bits per heavy atom. The molecule has 5 nitrogen and oxygen atoms in total. The van der Waals surface area contributed by atoms with Crippen LogP contribution in [-0.2, 0) is 9.53 Å². The van der Waals surface area contributed by atoms with E-state index >= 15 is 0 Å². The molecule has 1 aliphatic rings. The molecule has 0 spiro atoms. The van der Waals surface area contributed by atoms with E-state index in [2.05, 4.69) is 0 Å². The van der Waals surface area contributed by atoms with Gasteiger partial charge in [-0.3, -0.25) is 0 Å². The Hall–Kier alpha value is -2.95. The number of esters is 1. The Morgan fingerprint density at radius 2 is 1.61 bits per heavy atom. The third kappa shape index (κ3) is 3.29. The van der Waals surface area contributed by atoms with Crippen LogP contribution in [0.25, 0.3) is 11.1 Å². The molecule has 3 rings (SSSR count). The molecule has 0 aliphatic carbocycles. The Balaban J connectivity index is 1.55. The van der Waals surface area contributed by atoms with E-state index in [0.29, 0.717) is 5.75 Å². The second-order valence-electron chi connectivity index (χ2n) is 5.16. The average Bonchev–Trinajstić information content (AvgIpc) is 2.83. The molecule has 1 aliphatic heterocycles. The van der Waals surface area contributed by atoms with E-state index < -0.39 is 23.6 Å². The summed E-state index contributed by atoms with van der Waals surface area (Å²) in [5, 5.41) is 18.7. The molecule has 2 aromatic carbocycles. The molecule has 1 heterocycles. The molecule has 5 heteroatoms. The molecule has 0 aromatic heterocycles. The number of benzene rings is 2. The lowest BCUT2D eigenvalue weighted by Gasteiger charge is -2.11. The van der Waals surface area contributed by atoms with E-state index in [4.69, 9.17) is 9.47 Å². The Labute approximate surface area is 133 Å². The van der Waals surface area contributed by atoms with Crippen molar-refractivity contribution in [1.29, 1.82) is 0 Å². The average molecular weight is 312 g/mol. The molecule has 0 saturated carbocycles. The molecule has 1 unspecified atom stereocenters. The quantitative estimate of drug-likeness (QED) is 0.828. The second-order valence-corrected chi connectivity index (χ2v) is 5.16. The topological polar surface area (TPSA) is 76.0 Å². The Morgan fingerprint density at radius 1 is 0.957 bits per heavy atom. The summed E-state index contributed by atoms with van der Waals surface area (Å²) in [5.74, 6) is -1.37. The number of ether oxygens (including phenoxy) is 2. The summed E-state index contributed by atoms with van der Waals surface area (Å²) >= 11 is 0. The number of aliphatic hydroxyl groups is 2. The highest BCUT2D eigenvalue weighted by molar-refractivity contribution is 5.88. The van der Waals surface area contributed by atoms with Gasteiger partial charge in [-0.05, 0) is 23.3 Å². The van der Waals surface area contributed by atoms with Crippen LogP contribution < -0.4 is 4.74 Å². The number of carbonyl (C=O) groups is 1. The highest BCUT2D eigenvalue weighted by Gasteiger charge is 2.34. The monoisotopic (exact) mass is 312 g/mol. The van der Waals surface area contributed by atoms with E-state index in [9.17, 15) is 15.0 Å². The maximum absolute atomic E-state index is 11.1. The molecule has 2 aromatic rings. The number of hydrogen-bond donors (Lipinski definition) is 2. The lowest BCUT2D eigenvalue weighted by Crippen LogP contribution is -2.15. The van der Waals surface area contributed by atoms with E-state index in [0.717, 1.165) is 11.1 Å². The normalized spacial score (nSPS) is 17.2. The Kier molecular flexibility index (Phi) is 4.19. The number of hydrogen-bond acceptors (Lipinski definition) is 5. The van der Waals surface area contributed by atoms with Crippen LogP contribution in [0, 0.1) is 0 Å². The first kappa shape index (κ1) is 15.0. The van der Waals surface area contributed by atoms with E-state index in [1.54, 1.807) is 0 Å². The van der Waals surface area contributed by atoms with Gasteiger partial charge in [-0.2, -0.15) is 0 Å². The van der Waals surface area contributed by atoms with Crippen LogP contribution in [0.4, 0.5) is 0 Å². The number of aliphatic hydroxyl groups excluding tert-OH is 2. The lowest BCUT2D eigenvalue weighted by molar-refractivity contribution is -0.142. The van der Waals surface area contributed by atoms with E-state index in [1.165, 1.54) is 0 Å². The summed E-state index contributed by atoms with van der Waals surface area (Å²) in [5.41, 5.74) is 2.22. The standard InChI is InChI=1S/C18H16O5/c19-16-15(23-18(21)17(16)20)10-11-22-14-8-6-13(7-9-14)12-4-2-1-3-5-12/h1-9,15,19-20H,10-11H2. The van der Waals surface area contributed by atoms with Crippen molar-refractivity contribution in [1.82, 2.24) is 0 Å². The summed E-state index contributed by atoms with van der Waals surface area (Å²) in [6.07, 6.45) is -0.576. The van der Waals surface area contributed by atoms with Crippen LogP contribution in [0.1, 0.15) is 6.42 Å². The van der Waals surface area contributed by atoms with Crippen molar-refractivity contribution < 1.29 is 24.5 Å². The smallest absolute Gasteiger partial charge is 0.377 e. The zero-order valence-electron chi connectivity index (χ0n) is 12.3. The van der Waals surface area contributed by atoms with Gasteiger partial charge in [0.25, 0.3) is 0 Å². The molecular formula is C18H16O5. The molecule has 1 atom stereocenters. The van der Waals surface area contributed by atoms with Crippen molar-refractivity contribution in [3.05, 3.63) is 66.1 Å². The van der Waals surface area contributed by atoms with Crippen LogP contribution >= 0.6 is 0 Å². The SMILES string of the molecule is O=C1OC(CCOc2ccc(-c3ccccc3)cc2)C(O)=C1O. The molecule has 2 N–H and O–H groups in total. The minimum Gasteiger partial charge on any atom is -0.505 e. The van der Waals surface area contributed by atoms with Gasteiger partial charge < -0.3 is 19.7 Å². The fourth-order valence-corrected chi connectivity index (χ4v) is 2.35. The van der Waals surface area contributed by atoms with Gasteiger partial charge in [0, 0.05) is 6.42 Å². The number of carbonyl (C=O) groups excluding carboxylic acids is 1. The predicted octanol–water partition coefficient (Wildman–Crippen LogP) is 3.38. The minimum absolute atomic E-state index is 0.250. The van der Waals surface area contributed by atoms with E-state index in [-0.39, 0.29) is 13.0 Å². The van der Waals surface area contributed by atoms with Crippen molar-refractivity contribution in [2.45, 2.75) is 12.5 Å². The molecule has 0 amide bonds. The van der Waals surface area contributed by atoms with E-state index in [1.807, 2.05) is 54.6 Å². The highest BCUT2D eigenvalue weighted by atomic mass is 16.6. The van der Waals surface area contributed by atoms with Crippen LogP contribution in [-0.4, -0.2) is 28.9 Å². The van der Waals surface area contributed by atoms with Gasteiger partial charge in [-0.1, -0.05) is 42.5 Å². The number of cyclic esters (lactones) is 1. The summed E-state index contributed by atoms with van der Waals surface area (Å²) in [6.45, 7) is 0.250. The molecule has 118 valence electrons. The van der Waals surface area contributed by atoms with Gasteiger partial charge in [0.05, 0.1) is 6.61 Å². The molecule has 0 bridgehead atoms. The predicted molar refractivity (Wildman–Crippen MR) is 84.2 cm³/mol. The van der Waals surface area contributed by atoms with Gasteiger partial charge >= 0.3 is 5.97 Å². The summed E-state index contributed by atoms with van der Waals surface area (Å²) in [4.78, 5) is 11.1. The first-order valence-electron chi connectivity index (χ1n) is 7.26. The maximum Gasteiger partial charge on any atom is 0.377 e. The third-order valence-corrected chi connectivity index (χ3v) is 3.60.